The maximum absolute atomic E-state index is 12.1. The van der Waals surface area contributed by atoms with Gasteiger partial charge < -0.3 is 10.1 Å². The molecule has 0 atom stereocenters. The molecule has 0 saturated carbocycles. The molecule has 2 rings (SSSR count). The summed E-state index contributed by atoms with van der Waals surface area (Å²) in [7, 11) is 1.30. The van der Waals surface area contributed by atoms with Gasteiger partial charge in [-0.05, 0) is 36.6 Å². The fourth-order valence-corrected chi connectivity index (χ4v) is 2.81. The fourth-order valence-electron chi connectivity index (χ4n) is 2.51. The number of nitrogens with one attached hydrogen (secondary N) is 2. The van der Waals surface area contributed by atoms with Crippen molar-refractivity contribution in [3.8, 4) is 0 Å². The Morgan fingerprint density at radius 2 is 1.96 bits per heavy atom. The van der Waals surface area contributed by atoms with Crippen LogP contribution in [0, 0.1) is 12.8 Å². The summed E-state index contributed by atoms with van der Waals surface area (Å²) in [5.41, 5.74) is 3.04. The van der Waals surface area contributed by atoms with Crippen LogP contribution >= 0.6 is 11.6 Å². The van der Waals surface area contributed by atoms with E-state index in [1.54, 1.807) is 22.9 Å². The zero-order valence-corrected chi connectivity index (χ0v) is 17.2. The van der Waals surface area contributed by atoms with Gasteiger partial charge in [0.25, 0.3) is 0 Å². The molecule has 0 bridgehead atoms. The molecule has 7 nitrogen and oxygen atoms in total. The summed E-state index contributed by atoms with van der Waals surface area (Å²) in [5.74, 6) is 0.190. The number of aryl methyl sites for hydroxylation is 1. The van der Waals surface area contributed by atoms with E-state index in [2.05, 4.69) is 34.3 Å². The summed E-state index contributed by atoms with van der Waals surface area (Å²) in [5, 5.41) is 10.3. The number of rotatable bonds is 7. The molecule has 2 amide bonds. The van der Waals surface area contributed by atoms with Crippen LogP contribution in [0.25, 0.3) is 6.08 Å². The molecule has 0 fully saturated rings. The number of aromatic nitrogens is 2. The molecule has 0 radical (unpaired) electrons. The van der Waals surface area contributed by atoms with Crippen molar-refractivity contribution in [3.05, 3.63) is 52.3 Å². The van der Waals surface area contributed by atoms with Gasteiger partial charge in [-0.1, -0.05) is 37.6 Å². The lowest BCUT2D eigenvalue weighted by Crippen LogP contribution is -2.20. The van der Waals surface area contributed by atoms with Crippen molar-refractivity contribution in [1.82, 2.24) is 15.1 Å². The van der Waals surface area contributed by atoms with E-state index >= 15 is 0 Å². The van der Waals surface area contributed by atoms with Gasteiger partial charge in [-0.25, -0.2) is 4.79 Å². The fraction of sp³-hybridized carbons (Fsp3) is 0.350. The third-order valence-corrected chi connectivity index (χ3v) is 4.30. The summed E-state index contributed by atoms with van der Waals surface area (Å²) in [6.07, 6.45) is 2.60. The highest BCUT2D eigenvalue weighted by molar-refractivity contribution is 6.31. The smallest absolute Gasteiger partial charge is 0.411 e. The minimum Gasteiger partial charge on any atom is -0.453 e. The lowest BCUT2D eigenvalue weighted by atomic mass is 10.2. The number of benzene rings is 1. The topological polar surface area (TPSA) is 85.2 Å². The number of methoxy groups -OCH3 is 1. The maximum atomic E-state index is 12.1. The summed E-state index contributed by atoms with van der Waals surface area (Å²) in [6, 6.07) is 7.10. The molecule has 0 aliphatic rings. The minimum atomic E-state index is -0.531. The van der Waals surface area contributed by atoms with E-state index in [-0.39, 0.29) is 5.91 Å². The number of nitrogens with zero attached hydrogens (tertiary/aromatic N) is 2. The van der Waals surface area contributed by atoms with Crippen LogP contribution in [-0.2, 0) is 22.6 Å². The highest BCUT2D eigenvalue weighted by Gasteiger charge is 2.12. The van der Waals surface area contributed by atoms with Gasteiger partial charge in [0, 0.05) is 30.4 Å². The second-order valence-corrected chi connectivity index (χ2v) is 7.09. The zero-order valence-electron chi connectivity index (χ0n) is 16.5. The first-order chi connectivity index (χ1) is 13.3. The molecule has 0 spiro atoms. The summed E-state index contributed by atoms with van der Waals surface area (Å²) < 4.78 is 6.29. The first-order valence-corrected chi connectivity index (χ1v) is 9.30. The molecule has 0 aliphatic heterocycles. The number of ether oxygens (including phenoxy) is 1. The van der Waals surface area contributed by atoms with Crippen LogP contribution in [-0.4, -0.2) is 28.9 Å². The Morgan fingerprint density at radius 1 is 1.29 bits per heavy atom. The molecule has 2 aromatic rings. The summed E-state index contributed by atoms with van der Waals surface area (Å²) in [6.45, 7) is 7.13. The van der Waals surface area contributed by atoms with Gasteiger partial charge in [-0.15, -0.1) is 0 Å². The normalized spacial score (nSPS) is 11.1. The van der Waals surface area contributed by atoms with Gasteiger partial charge >= 0.3 is 6.09 Å². The van der Waals surface area contributed by atoms with Crippen LogP contribution in [0.4, 0.5) is 10.5 Å². The summed E-state index contributed by atoms with van der Waals surface area (Å²) >= 11 is 6.37. The third kappa shape index (κ3) is 6.13. The second kappa shape index (κ2) is 9.94. The number of carbonyl (C=O) groups excluding carboxylic acids is 2. The molecule has 1 aromatic carbocycles. The van der Waals surface area contributed by atoms with Gasteiger partial charge in [0.2, 0.25) is 5.91 Å². The molecule has 150 valence electrons. The van der Waals surface area contributed by atoms with Crippen molar-refractivity contribution >= 4 is 35.4 Å². The van der Waals surface area contributed by atoms with Gasteiger partial charge in [0.1, 0.15) is 5.15 Å². The van der Waals surface area contributed by atoms with Crippen molar-refractivity contribution < 1.29 is 14.3 Å². The van der Waals surface area contributed by atoms with Crippen molar-refractivity contribution in [2.75, 3.05) is 12.4 Å². The van der Waals surface area contributed by atoms with Crippen molar-refractivity contribution in [1.29, 1.82) is 0 Å². The first kappa shape index (κ1) is 21.5. The van der Waals surface area contributed by atoms with Crippen LogP contribution in [0.5, 0.6) is 0 Å². The Morgan fingerprint density at radius 3 is 2.57 bits per heavy atom. The van der Waals surface area contributed by atoms with Crippen molar-refractivity contribution in [2.45, 2.75) is 33.9 Å². The van der Waals surface area contributed by atoms with Crippen LogP contribution in [0.1, 0.15) is 30.7 Å². The number of anilines is 1. The van der Waals surface area contributed by atoms with Crippen LogP contribution in [0.3, 0.4) is 0 Å². The average Bonchev–Trinajstić information content (AvgIpc) is 2.91. The maximum Gasteiger partial charge on any atom is 0.411 e. The quantitative estimate of drug-likeness (QED) is 0.683. The van der Waals surface area contributed by atoms with Crippen LogP contribution < -0.4 is 10.6 Å². The van der Waals surface area contributed by atoms with Crippen LogP contribution in [0.2, 0.25) is 5.15 Å². The lowest BCUT2D eigenvalue weighted by Gasteiger charge is -2.06. The molecular formula is C20H25ClN4O3. The van der Waals surface area contributed by atoms with Crippen LogP contribution in [0.15, 0.2) is 30.3 Å². The van der Waals surface area contributed by atoms with Gasteiger partial charge in [0.15, 0.2) is 0 Å². The van der Waals surface area contributed by atoms with E-state index in [0.29, 0.717) is 23.3 Å². The Hall–Kier alpha value is -2.80. The Balaban J connectivity index is 1.92. The number of amides is 2. The molecule has 2 N–H and O–H groups in total. The van der Waals surface area contributed by atoms with E-state index in [0.717, 1.165) is 23.4 Å². The number of halogens is 1. The Labute approximate surface area is 169 Å². The highest BCUT2D eigenvalue weighted by Crippen LogP contribution is 2.22. The number of carbonyl (C=O) groups is 2. The third-order valence-electron chi connectivity index (χ3n) is 3.90. The molecule has 0 saturated heterocycles. The molecule has 1 heterocycles. The molecule has 1 aromatic heterocycles. The van der Waals surface area contributed by atoms with Crippen molar-refractivity contribution in [2.24, 2.45) is 5.92 Å². The van der Waals surface area contributed by atoms with E-state index in [1.807, 2.05) is 19.1 Å². The number of hydrogen-bond acceptors (Lipinski definition) is 4. The standard InChI is InChI=1S/C20H25ClN4O3/c1-13(2)12-25-19(21)17(14(3)24-25)9-10-18(26)22-11-15-5-7-16(8-6-15)23-20(27)28-4/h5-10,13H,11-12H2,1-4H3,(H,22,26)(H,23,27)/b10-9+. The van der Waals surface area contributed by atoms with E-state index < -0.39 is 6.09 Å². The molecule has 0 unspecified atom stereocenters. The molecule has 28 heavy (non-hydrogen) atoms. The zero-order chi connectivity index (χ0) is 20.7. The predicted molar refractivity (Wildman–Crippen MR) is 110 cm³/mol. The lowest BCUT2D eigenvalue weighted by molar-refractivity contribution is -0.116. The Kier molecular flexibility index (Phi) is 7.63. The molecule has 0 aliphatic carbocycles. The largest absolute Gasteiger partial charge is 0.453 e. The van der Waals surface area contributed by atoms with Crippen molar-refractivity contribution in [3.63, 3.8) is 0 Å². The molecule has 8 heteroatoms. The van der Waals surface area contributed by atoms with E-state index in [9.17, 15) is 9.59 Å². The van der Waals surface area contributed by atoms with E-state index in [1.165, 1.54) is 13.2 Å². The number of hydrogen-bond donors (Lipinski definition) is 2. The van der Waals surface area contributed by atoms with Gasteiger partial charge in [-0.2, -0.15) is 5.10 Å². The highest BCUT2D eigenvalue weighted by atomic mass is 35.5. The van der Waals surface area contributed by atoms with Gasteiger partial charge in [-0.3, -0.25) is 14.8 Å². The summed E-state index contributed by atoms with van der Waals surface area (Å²) in [4.78, 5) is 23.3. The molecular weight excluding hydrogens is 380 g/mol. The SMILES string of the molecule is COC(=O)Nc1ccc(CNC(=O)/C=C/c2c(C)nn(CC(C)C)c2Cl)cc1. The second-order valence-electron chi connectivity index (χ2n) is 6.73. The first-order valence-electron chi connectivity index (χ1n) is 8.93. The van der Waals surface area contributed by atoms with Gasteiger partial charge in [0.05, 0.1) is 12.8 Å². The average molecular weight is 405 g/mol. The Bertz CT molecular complexity index is 857. The monoisotopic (exact) mass is 404 g/mol. The predicted octanol–water partition coefficient (Wildman–Crippen LogP) is 4.01. The van der Waals surface area contributed by atoms with E-state index in [4.69, 9.17) is 11.6 Å². The minimum absolute atomic E-state index is 0.233.